The lowest BCUT2D eigenvalue weighted by Gasteiger charge is -2.50. The second-order valence-corrected chi connectivity index (χ2v) is 12.1. The third-order valence-electron chi connectivity index (χ3n) is 8.49. The fourth-order valence-corrected chi connectivity index (χ4v) is 6.13. The van der Waals surface area contributed by atoms with Crippen LogP contribution >= 0.6 is 0 Å². The van der Waals surface area contributed by atoms with E-state index >= 15 is 0 Å². The van der Waals surface area contributed by atoms with E-state index in [4.69, 9.17) is 14.2 Å². The Morgan fingerprint density at radius 1 is 1.10 bits per heavy atom. The summed E-state index contributed by atoms with van der Waals surface area (Å²) in [5.41, 5.74) is 1.64. The number of Topliss-reactive ketones (excluding diaryl/α,β-unsaturated/α-hetero) is 1. The van der Waals surface area contributed by atoms with Gasteiger partial charge in [0.1, 0.15) is 5.60 Å². The molecule has 1 aromatic rings. The van der Waals surface area contributed by atoms with Crippen LogP contribution in [0.5, 0.6) is 0 Å². The molecule has 1 N–H and O–H groups in total. The van der Waals surface area contributed by atoms with Gasteiger partial charge in [-0.3, -0.25) is 9.59 Å². The van der Waals surface area contributed by atoms with Gasteiger partial charge in [-0.2, -0.15) is 0 Å². The van der Waals surface area contributed by atoms with Gasteiger partial charge in [-0.1, -0.05) is 50.3 Å². The van der Waals surface area contributed by atoms with E-state index in [0.29, 0.717) is 25.7 Å². The van der Waals surface area contributed by atoms with Gasteiger partial charge in [0.25, 0.3) is 0 Å². The van der Waals surface area contributed by atoms with Crippen LogP contribution in [-0.2, 0) is 23.8 Å². The molecule has 0 radical (unpaired) electrons. The molecule has 0 spiro atoms. The first-order valence-electron chi connectivity index (χ1n) is 14.5. The molecule has 7 heteroatoms. The predicted octanol–water partition coefficient (Wildman–Crippen LogP) is 4.61. The number of nitrogens with one attached hydrogen (secondary N) is 1. The lowest BCUT2D eigenvalue weighted by molar-refractivity contribution is -0.176. The second kappa shape index (κ2) is 14.5. The Balaban J connectivity index is 1.54. The molecule has 2 bridgehead atoms. The predicted molar refractivity (Wildman–Crippen MR) is 155 cm³/mol. The Morgan fingerprint density at radius 2 is 1.79 bits per heavy atom. The van der Waals surface area contributed by atoms with Crippen LogP contribution in [0.1, 0.15) is 58.4 Å². The maximum absolute atomic E-state index is 12.8. The van der Waals surface area contributed by atoms with Gasteiger partial charge in [0.2, 0.25) is 0 Å². The third-order valence-corrected chi connectivity index (χ3v) is 8.49. The molecule has 0 unspecified atom stereocenters. The molecule has 1 aromatic carbocycles. The molecule has 0 aliphatic heterocycles. The molecule has 7 nitrogen and oxygen atoms in total. The van der Waals surface area contributed by atoms with Crippen molar-refractivity contribution in [1.82, 2.24) is 10.2 Å². The van der Waals surface area contributed by atoms with Crippen LogP contribution in [0.25, 0.3) is 5.57 Å². The maximum atomic E-state index is 12.8. The van der Waals surface area contributed by atoms with Crippen molar-refractivity contribution in [3.63, 3.8) is 0 Å². The average Bonchev–Trinajstić information content (AvgIpc) is 2.92. The van der Waals surface area contributed by atoms with Gasteiger partial charge in [-0.15, -0.1) is 0 Å². The van der Waals surface area contributed by atoms with Crippen molar-refractivity contribution in [2.45, 2.75) is 58.5 Å². The molecular formula is C32H50N2O5. The van der Waals surface area contributed by atoms with E-state index in [1.54, 1.807) is 14.2 Å². The molecule has 39 heavy (non-hydrogen) atoms. The van der Waals surface area contributed by atoms with Crippen LogP contribution < -0.4 is 5.32 Å². The van der Waals surface area contributed by atoms with Crippen LogP contribution in [0.2, 0.25) is 0 Å². The number of allylic oxidation sites excluding steroid dienone is 1. The summed E-state index contributed by atoms with van der Waals surface area (Å²) in [4.78, 5) is 27.8. The van der Waals surface area contributed by atoms with Crippen LogP contribution in [0.15, 0.2) is 36.4 Å². The zero-order valence-corrected chi connectivity index (χ0v) is 25.0. The highest BCUT2D eigenvalue weighted by atomic mass is 16.6. The fourth-order valence-electron chi connectivity index (χ4n) is 6.13. The normalized spacial score (nSPS) is 22.8. The van der Waals surface area contributed by atoms with E-state index < -0.39 is 11.0 Å². The van der Waals surface area contributed by atoms with E-state index in [-0.39, 0.29) is 23.6 Å². The van der Waals surface area contributed by atoms with Gasteiger partial charge in [-0.25, -0.2) is 0 Å². The highest BCUT2D eigenvalue weighted by Gasteiger charge is 2.50. The molecule has 0 aromatic heterocycles. The summed E-state index contributed by atoms with van der Waals surface area (Å²) in [6, 6.07) is 10.6. The van der Waals surface area contributed by atoms with Crippen molar-refractivity contribution < 1.29 is 23.8 Å². The number of ether oxygens (including phenoxy) is 3. The Hall–Kier alpha value is -2.06. The van der Waals surface area contributed by atoms with Crippen molar-refractivity contribution in [2.24, 2.45) is 23.2 Å². The first-order chi connectivity index (χ1) is 18.6. The number of fused-ring (bicyclic) bond motifs is 2. The van der Waals surface area contributed by atoms with Gasteiger partial charge in [0.05, 0.1) is 31.1 Å². The van der Waals surface area contributed by atoms with Crippen molar-refractivity contribution in [2.75, 3.05) is 60.7 Å². The van der Waals surface area contributed by atoms with Crippen LogP contribution in [0.4, 0.5) is 0 Å². The minimum absolute atomic E-state index is 0.0947. The number of benzene rings is 1. The summed E-state index contributed by atoms with van der Waals surface area (Å²) in [6.07, 6.45) is 7.29. The highest BCUT2D eigenvalue weighted by Crippen LogP contribution is 2.53. The van der Waals surface area contributed by atoms with Crippen molar-refractivity contribution in [1.29, 1.82) is 0 Å². The summed E-state index contributed by atoms with van der Waals surface area (Å²) in [5.74, 6) is 0.536. The summed E-state index contributed by atoms with van der Waals surface area (Å²) >= 11 is 0. The fraction of sp³-hybridized carbons (Fsp3) is 0.688. The van der Waals surface area contributed by atoms with E-state index in [9.17, 15) is 9.59 Å². The second-order valence-electron chi connectivity index (χ2n) is 12.1. The molecule has 218 valence electrons. The molecule has 0 saturated heterocycles. The number of rotatable bonds is 17. The Labute approximate surface area is 235 Å². The quantitative estimate of drug-likeness (QED) is 0.228. The van der Waals surface area contributed by atoms with Gasteiger partial charge >= 0.3 is 5.97 Å². The summed E-state index contributed by atoms with van der Waals surface area (Å²) in [5, 5.41) is 3.29. The lowest BCUT2D eigenvalue weighted by atomic mass is 9.60. The van der Waals surface area contributed by atoms with Gasteiger partial charge in [0.15, 0.2) is 5.78 Å². The Bertz CT molecular complexity index is 957. The summed E-state index contributed by atoms with van der Waals surface area (Å²) < 4.78 is 16.8. The van der Waals surface area contributed by atoms with E-state index in [0.717, 1.165) is 51.7 Å². The van der Waals surface area contributed by atoms with E-state index in [1.165, 1.54) is 11.1 Å². The number of carbonyl (C=O) groups excluding carboxylic acids is 2. The molecule has 4 rings (SSSR count). The van der Waals surface area contributed by atoms with Crippen molar-refractivity contribution in [3.05, 3.63) is 42.0 Å². The van der Waals surface area contributed by atoms with Crippen molar-refractivity contribution >= 4 is 17.3 Å². The average molecular weight is 543 g/mol. The van der Waals surface area contributed by atoms with E-state index in [1.807, 2.05) is 20.8 Å². The van der Waals surface area contributed by atoms with Gasteiger partial charge in [0, 0.05) is 33.1 Å². The number of carbonyl (C=O) groups is 2. The number of hydrogen-bond donors (Lipinski definition) is 1. The van der Waals surface area contributed by atoms with Crippen molar-refractivity contribution in [3.8, 4) is 0 Å². The van der Waals surface area contributed by atoms with E-state index in [2.05, 4.69) is 53.7 Å². The lowest BCUT2D eigenvalue weighted by Crippen LogP contribution is -2.51. The Morgan fingerprint density at radius 3 is 2.38 bits per heavy atom. The summed E-state index contributed by atoms with van der Waals surface area (Å²) in [7, 11) is 5.34. The molecule has 3 atom stereocenters. The monoisotopic (exact) mass is 542 g/mol. The molecule has 3 aliphatic rings. The SMILES string of the molecule is COCC(C)(COC)C(=O)CNCCCN(C)CC[C@@]1(OC(=O)C(C)C)C[C@@H]2CC[C@H]1C=C2c1ccccc1. The molecule has 1 saturated carbocycles. The summed E-state index contributed by atoms with van der Waals surface area (Å²) in [6.45, 7) is 9.24. The molecular weight excluding hydrogens is 492 g/mol. The van der Waals surface area contributed by atoms with Crippen LogP contribution in [0, 0.1) is 23.2 Å². The number of nitrogens with zero attached hydrogens (tertiary/aromatic N) is 1. The van der Waals surface area contributed by atoms with Gasteiger partial charge in [-0.05, 0) is 69.8 Å². The number of ketones is 1. The minimum atomic E-state index is -0.636. The largest absolute Gasteiger partial charge is 0.458 e. The zero-order valence-electron chi connectivity index (χ0n) is 25.0. The molecule has 0 amide bonds. The first-order valence-corrected chi connectivity index (χ1v) is 14.5. The maximum Gasteiger partial charge on any atom is 0.308 e. The minimum Gasteiger partial charge on any atom is -0.458 e. The number of hydrogen-bond acceptors (Lipinski definition) is 7. The third kappa shape index (κ3) is 8.23. The van der Waals surface area contributed by atoms with Gasteiger partial charge < -0.3 is 24.4 Å². The Kier molecular flexibility index (Phi) is 11.7. The molecule has 1 fully saturated rings. The van der Waals surface area contributed by atoms with Crippen LogP contribution in [0.3, 0.4) is 0 Å². The topological polar surface area (TPSA) is 77.1 Å². The molecule has 0 heterocycles. The van der Waals surface area contributed by atoms with Crippen LogP contribution in [-0.4, -0.2) is 82.9 Å². The number of esters is 1. The standard InChI is InChI=1S/C32H50N2O5/c1-24(2)30(36)39-32(20-26-13-14-27(32)19-28(26)25-11-8-7-9-12-25)15-18-34(4)17-10-16-33-21-29(35)31(3,22-37-5)23-38-6/h7-9,11-12,19,24,26-27,33H,10,13-18,20-23H2,1-6H3/t26-,27-,32+/m0/s1. The highest BCUT2D eigenvalue weighted by molar-refractivity contribution is 5.86. The zero-order chi connectivity index (χ0) is 28.5. The smallest absolute Gasteiger partial charge is 0.308 e. The first kappa shape index (κ1) is 31.5. The molecule has 3 aliphatic carbocycles. The number of methoxy groups -OCH3 is 2.